The van der Waals surface area contributed by atoms with Crippen LogP contribution < -0.4 is 5.73 Å². The molecule has 7 heteroatoms. The van der Waals surface area contributed by atoms with Crippen molar-refractivity contribution in [1.82, 2.24) is 4.31 Å². The summed E-state index contributed by atoms with van der Waals surface area (Å²) in [5.41, 5.74) is 5.76. The van der Waals surface area contributed by atoms with E-state index in [1.807, 2.05) is 0 Å². The van der Waals surface area contributed by atoms with E-state index in [2.05, 4.69) is 15.9 Å². The number of piperidine rings is 1. The van der Waals surface area contributed by atoms with Gasteiger partial charge in [0.2, 0.25) is 10.0 Å². The summed E-state index contributed by atoms with van der Waals surface area (Å²) in [6.45, 7) is 0.635. The predicted molar refractivity (Wildman–Crippen MR) is 70.1 cm³/mol. The molecule has 1 heterocycles. The summed E-state index contributed by atoms with van der Waals surface area (Å²) in [6.07, 6.45) is 1.50. The van der Waals surface area contributed by atoms with Crippen molar-refractivity contribution >= 4 is 26.0 Å². The third-order valence-electron chi connectivity index (χ3n) is 2.95. The first kappa shape index (κ1) is 13.9. The zero-order chi connectivity index (χ0) is 13.3. The van der Waals surface area contributed by atoms with Crippen molar-refractivity contribution < 1.29 is 12.8 Å². The second-order valence-electron chi connectivity index (χ2n) is 4.32. The molecular formula is C11H14BrFN2O2S. The van der Waals surface area contributed by atoms with Gasteiger partial charge in [0.25, 0.3) is 0 Å². The van der Waals surface area contributed by atoms with Crippen LogP contribution in [0.4, 0.5) is 4.39 Å². The molecule has 1 aromatic rings. The number of sulfonamides is 1. The van der Waals surface area contributed by atoms with Crippen molar-refractivity contribution in [2.24, 2.45) is 5.73 Å². The Hall–Kier alpha value is -0.500. The van der Waals surface area contributed by atoms with Crippen LogP contribution in [-0.4, -0.2) is 31.9 Å². The lowest BCUT2D eigenvalue weighted by Gasteiger charge is -2.30. The molecule has 1 atom stereocenters. The molecular weight excluding hydrogens is 323 g/mol. The van der Waals surface area contributed by atoms with E-state index in [1.54, 1.807) is 0 Å². The van der Waals surface area contributed by atoms with Crippen LogP contribution in [-0.2, 0) is 10.0 Å². The lowest BCUT2D eigenvalue weighted by molar-refractivity contribution is 0.315. The Kier molecular flexibility index (Phi) is 4.05. The van der Waals surface area contributed by atoms with Gasteiger partial charge in [0.15, 0.2) is 5.82 Å². The third-order valence-corrected chi connectivity index (χ3v) is 5.45. The van der Waals surface area contributed by atoms with Gasteiger partial charge in [-0.3, -0.25) is 0 Å². The van der Waals surface area contributed by atoms with E-state index in [-0.39, 0.29) is 22.0 Å². The molecule has 0 radical (unpaired) electrons. The third kappa shape index (κ3) is 2.59. The Morgan fingerprint density at radius 3 is 2.83 bits per heavy atom. The zero-order valence-electron chi connectivity index (χ0n) is 9.64. The summed E-state index contributed by atoms with van der Waals surface area (Å²) in [6, 6.07) is 4.07. The highest BCUT2D eigenvalue weighted by atomic mass is 79.9. The van der Waals surface area contributed by atoms with Gasteiger partial charge in [-0.25, -0.2) is 12.8 Å². The quantitative estimate of drug-likeness (QED) is 0.893. The number of benzene rings is 1. The van der Waals surface area contributed by atoms with Crippen molar-refractivity contribution in [1.29, 1.82) is 0 Å². The van der Waals surface area contributed by atoms with E-state index in [9.17, 15) is 12.8 Å². The van der Waals surface area contributed by atoms with Gasteiger partial charge >= 0.3 is 0 Å². The fourth-order valence-electron chi connectivity index (χ4n) is 2.01. The van der Waals surface area contributed by atoms with E-state index in [1.165, 1.54) is 22.5 Å². The molecule has 1 aliphatic rings. The Labute approximate surface area is 114 Å². The molecule has 0 saturated carbocycles. The lowest BCUT2D eigenvalue weighted by Crippen LogP contribution is -2.45. The molecule has 2 N–H and O–H groups in total. The minimum Gasteiger partial charge on any atom is -0.327 e. The molecule has 100 valence electrons. The Bertz CT molecular complexity index is 550. The zero-order valence-corrected chi connectivity index (χ0v) is 12.0. The van der Waals surface area contributed by atoms with Gasteiger partial charge in [0.05, 0.1) is 4.47 Å². The average Bonchev–Trinajstić information content (AvgIpc) is 2.32. The van der Waals surface area contributed by atoms with Crippen LogP contribution in [0.1, 0.15) is 12.8 Å². The van der Waals surface area contributed by atoms with Crippen molar-refractivity contribution in [3.63, 3.8) is 0 Å². The fourth-order valence-corrected chi connectivity index (χ4v) is 4.13. The van der Waals surface area contributed by atoms with Gasteiger partial charge in [-0.2, -0.15) is 4.31 Å². The molecule has 18 heavy (non-hydrogen) atoms. The van der Waals surface area contributed by atoms with Gasteiger partial charge in [-0.05, 0) is 40.9 Å². The minimum absolute atomic E-state index is 0.143. The Morgan fingerprint density at radius 2 is 2.17 bits per heavy atom. The van der Waals surface area contributed by atoms with Crippen LogP contribution in [0.25, 0.3) is 0 Å². The Balaban J connectivity index is 2.39. The summed E-state index contributed by atoms with van der Waals surface area (Å²) in [5, 5.41) is 0. The van der Waals surface area contributed by atoms with Crippen molar-refractivity contribution in [2.45, 2.75) is 23.8 Å². The van der Waals surface area contributed by atoms with Crippen molar-refractivity contribution in [2.75, 3.05) is 13.1 Å². The van der Waals surface area contributed by atoms with Gasteiger partial charge in [-0.1, -0.05) is 6.07 Å². The van der Waals surface area contributed by atoms with Gasteiger partial charge in [0, 0.05) is 19.1 Å². The summed E-state index contributed by atoms with van der Waals surface area (Å²) < 4.78 is 39.9. The highest BCUT2D eigenvalue weighted by Crippen LogP contribution is 2.26. The standard InChI is InChI=1S/C11H14BrFN2O2S/c12-9-4-1-5-10(11(9)13)18(16,17)15-6-2-3-8(14)7-15/h1,4-5,8H,2-3,6-7,14H2. The highest BCUT2D eigenvalue weighted by Gasteiger charge is 2.31. The first-order valence-electron chi connectivity index (χ1n) is 5.62. The first-order chi connectivity index (χ1) is 8.43. The monoisotopic (exact) mass is 336 g/mol. The molecule has 1 saturated heterocycles. The van der Waals surface area contributed by atoms with Gasteiger partial charge in [-0.15, -0.1) is 0 Å². The normalized spacial score (nSPS) is 22.1. The van der Waals surface area contributed by atoms with Crippen molar-refractivity contribution in [3.05, 3.63) is 28.5 Å². The molecule has 1 unspecified atom stereocenters. The number of halogens is 2. The van der Waals surface area contributed by atoms with Crippen LogP contribution >= 0.6 is 15.9 Å². The molecule has 0 spiro atoms. The van der Waals surface area contributed by atoms with E-state index in [0.717, 1.165) is 6.42 Å². The summed E-state index contributed by atoms with van der Waals surface area (Å²) in [7, 11) is -3.80. The first-order valence-corrected chi connectivity index (χ1v) is 7.86. The molecule has 0 aromatic heterocycles. The van der Waals surface area contributed by atoms with Gasteiger partial charge in [0.1, 0.15) is 4.90 Å². The minimum atomic E-state index is -3.80. The molecule has 0 amide bonds. The maximum atomic E-state index is 13.9. The number of hydrogen-bond acceptors (Lipinski definition) is 3. The van der Waals surface area contributed by atoms with E-state index in [0.29, 0.717) is 13.0 Å². The summed E-state index contributed by atoms with van der Waals surface area (Å²) in [5.74, 6) is -0.753. The average molecular weight is 337 g/mol. The molecule has 2 rings (SSSR count). The molecule has 4 nitrogen and oxygen atoms in total. The number of hydrogen-bond donors (Lipinski definition) is 1. The number of nitrogens with two attached hydrogens (primary N) is 1. The molecule has 0 aliphatic carbocycles. The topological polar surface area (TPSA) is 63.4 Å². The molecule has 1 aliphatic heterocycles. The van der Waals surface area contributed by atoms with Crippen LogP contribution in [0.2, 0.25) is 0 Å². The molecule has 1 aromatic carbocycles. The fraction of sp³-hybridized carbons (Fsp3) is 0.455. The van der Waals surface area contributed by atoms with Gasteiger partial charge < -0.3 is 5.73 Å². The summed E-state index contributed by atoms with van der Waals surface area (Å²) in [4.78, 5) is -0.300. The lowest BCUT2D eigenvalue weighted by atomic mass is 10.1. The SMILES string of the molecule is NC1CCCN(S(=O)(=O)c2cccc(Br)c2F)C1. The van der Waals surface area contributed by atoms with Crippen LogP contribution in [0, 0.1) is 5.82 Å². The maximum Gasteiger partial charge on any atom is 0.246 e. The van der Waals surface area contributed by atoms with Crippen LogP contribution in [0.15, 0.2) is 27.6 Å². The second-order valence-corrected chi connectivity index (χ2v) is 7.08. The largest absolute Gasteiger partial charge is 0.327 e. The van der Waals surface area contributed by atoms with Crippen LogP contribution in [0.5, 0.6) is 0 Å². The van der Waals surface area contributed by atoms with Crippen LogP contribution in [0.3, 0.4) is 0 Å². The molecule has 0 bridgehead atoms. The Morgan fingerprint density at radius 1 is 1.44 bits per heavy atom. The molecule has 1 fully saturated rings. The van der Waals surface area contributed by atoms with E-state index >= 15 is 0 Å². The van der Waals surface area contributed by atoms with E-state index in [4.69, 9.17) is 5.73 Å². The highest BCUT2D eigenvalue weighted by molar-refractivity contribution is 9.10. The van der Waals surface area contributed by atoms with E-state index < -0.39 is 15.8 Å². The summed E-state index contributed by atoms with van der Waals surface area (Å²) >= 11 is 2.99. The smallest absolute Gasteiger partial charge is 0.246 e. The number of nitrogens with zero attached hydrogens (tertiary/aromatic N) is 1. The second kappa shape index (κ2) is 5.24. The van der Waals surface area contributed by atoms with Crippen molar-refractivity contribution in [3.8, 4) is 0 Å². The maximum absolute atomic E-state index is 13.9. The predicted octanol–water partition coefficient (Wildman–Crippen LogP) is 1.70. The number of rotatable bonds is 2.